The Morgan fingerprint density at radius 2 is 1.89 bits per heavy atom. The summed E-state index contributed by atoms with van der Waals surface area (Å²) in [6.45, 7) is 5.41. The minimum atomic E-state index is -0.351. The van der Waals surface area contributed by atoms with Crippen LogP contribution in [0.2, 0.25) is 0 Å². The molecule has 0 aromatic rings. The van der Waals surface area contributed by atoms with E-state index in [9.17, 15) is 4.79 Å². The average Bonchev–Trinajstić information content (AvgIpc) is 1.65. The van der Waals surface area contributed by atoms with Crippen molar-refractivity contribution >= 4 is 5.94 Å². The van der Waals surface area contributed by atoms with E-state index in [4.69, 9.17) is 5.26 Å². The number of nitrogens with zero attached hydrogens (tertiary/aromatic N) is 1. The van der Waals surface area contributed by atoms with E-state index in [1.807, 2.05) is 0 Å². The molecule has 0 aliphatic carbocycles. The summed E-state index contributed by atoms with van der Waals surface area (Å²) in [6, 6.07) is 1.78. The lowest BCUT2D eigenvalue weighted by Crippen LogP contribution is -2.07. The van der Waals surface area contributed by atoms with Crippen LogP contribution in [0.4, 0.5) is 0 Å². The number of hydrogen-bond donors (Lipinski definition) is 0. The molecular weight excluding hydrogens is 114 g/mol. The SMILES string of the molecule is CC(C)(C)C(=C=O)C#N. The molecule has 0 aromatic heterocycles. The summed E-state index contributed by atoms with van der Waals surface area (Å²) in [5.41, 5.74) is -0.182. The van der Waals surface area contributed by atoms with E-state index < -0.39 is 0 Å². The van der Waals surface area contributed by atoms with Crippen molar-refractivity contribution in [3.63, 3.8) is 0 Å². The lowest BCUT2D eigenvalue weighted by Gasteiger charge is -2.11. The van der Waals surface area contributed by atoms with Gasteiger partial charge in [0.1, 0.15) is 17.6 Å². The van der Waals surface area contributed by atoms with Crippen molar-refractivity contribution in [3.05, 3.63) is 5.57 Å². The molecule has 0 aromatic carbocycles. The van der Waals surface area contributed by atoms with Crippen molar-refractivity contribution in [2.75, 3.05) is 0 Å². The van der Waals surface area contributed by atoms with E-state index in [1.54, 1.807) is 32.8 Å². The topological polar surface area (TPSA) is 40.9 Å². The molecule has 9 heavy (non-hydrogen) atoms. The molecule has 48 valence electrons. The van der Waals surface area contributed by atoms with Gasteiger partial charge in [-0.05, 0) is 0 Å². The van der Waals surface area contributed by atoms with Gasteiger partial charge in [-0.2, -0.15) is 5.26 Å². The van der Waals surface area contributed by atoms with E-state index in [0.29, 0.717) is 0 Å². The van der Waals surface area contributed by atoms with Gasteiger partial charge in [0.05, 0.1) is 0 Å². The Morgan fingerprint density at radius 1 is 1.44 bits per heavy atom. The van der Waals surface area contributed by atoms with Gasteiger partial charge in [0.15, 0.2) is 0 Å². The summed E-state index contributed by atoms with van der Waals surface area (Å²) in [5.74, 6) is 1.60. The first kappa shape index (κ1) is 7.94. The first-order valence-electron chi connectivity index (χ1n) is 2.68. The minimum absolute atomic E-state index is 0.169. The zero-order chi connectivity index (χ0) is 7.49. The highest BCUT2D eigenvalue weighted by atomic mass is 16.1. The van der Waals surface area contributed by atoms with Crippen LogP contribution < -0.4 is 0 Å². The molecule has 0 N–H and O–H groups in total. The summed E-state index contributed by atoms with van der Waals surface area (Å²) in [7, 11) is 0. The molecule has 0 atom stereocenters. The highest BCUT2D eigenvalue weighted by Gasteiger charge is 2.17. The molecule has 0 radical (unpaired) electrons. The highest BCUT2D eigenvalue weighted by Crippen LogP contribution is 2.21. The van der Waals surface area contributed by atoms with Gasteiger partial charge in [0.2, 0.25) is 0 Å². The Kier molecular flexibility index (Phi) is 2.19. The van der Waals surface area contributed by atoms with Gasteiger partial charge in [0.25, 0.3) is 0 Å². The van der Waals surface area contributed by atoms with Gasteiger partial charge in [-0.3, -0.25) is 0 Å². The Morgan fingerprint density at radius 3 is 1.89 bits per heavy atom. The normalized spacial score (nSPS) is 9.56. The van der Waals surface area contributed by atoms with Crippen LogP contribution in [-0.4, -0.2) is 5.94 Å². The number of rotatable bonds is 0. The minimum Gasteiger partial charge on any atom is -0.232 e. The monoisotopic (exact) mass is 123 g/mol. The van der Waals surface area contributed by atoms with Gasteiger partial charge in [-0.25, -0.2) is 4.79 Å². The van der Waals surface area contributed by atoms with Gasteiger partial charge in [-0.1, -0.05) is 20.8 Å². The van der Waals surface area contributed by atoms with Crippen LogP contribution in [-0.2, 0) is 4.79 Å². The molecule has 0 saturated carbocycles. The molecule has 0 spiro atoms. The predicted molar refractivity (Wildman–Crippen MR) is 34.3 cm³/mol. The third kappa shape index (κ3) is 2.12. The second kappa shape index (κ2) is 2.48. The highest BCUT2D eigenvalue weighted by molar-refractivity contribution is 5.60. The smallest absolute Gasteiger partial charge is 0.139 e. The first-order valence-corrected chi connectivity index (χ1v) is 2.68. The van der Waals surface area contributed by atoms with E-state index >= 15 is 0 Å². The number of allylic oxidation sites excluding steroid dienone is 1. The van der Waals surface area contributed by atoms with Gasteiger partial charge >= 0.3 is 0 Å². The summed E-state index contributed by atoms with van der Waals surface area (Å²) in [6.07, 6.45) is 0. The van der Waals surface area contributed by atoms with Crippen molar-refractivity contribution in [1.29, 1.82) is 5.26 Å². The molecule has 0 heterocycles. The molecule has 2 heteroatoms. The molecule has 0 aliphatic rings. The molecule has 0 aliphatic heterocycles. The maximum absolute atomic E-state index is 10.00. The fraction of sp³-hybridized carbons (Fsp3) is 0.571. The Hall–Kier alpha value is -1.06. The van der Waals surface area contributed by atoms with Crippen LogP contribution in [0, 0.1) is 16.7 Å². The van der Waals surface area contributed by atoms with Crippen molar-refractivity contribution in [1.82, 2.24) is 0 Å². The Labute approximate surface area is 54.8 Å². The van der Waals surface area contributed by atoms with E-state index in [0.717, 1.165) is 0 Å². The number of carbonyl (C=O) groups excluding carboxylic acids is 1. The van der Waals surface area contributed by atoms with Crippen molar-refractivity contribution in [2.45, 2.75) is 20.8 Å². The zero-order valence-corrected chi connectivity index (χ0v) is 5.86. The second-order valence-corrected chi connectivity index (χ2v) is 2.84. The number of hydrogen-bond acceptors (Lipinski definition) is 2. The van der Waals surface area contributed by atoms with Crippen LogP contribution in [0.5, 0.6) is 0 Å². The molecule has 0 unspecified atom stereocenters. The predicted octanol–water partition coefficient (Wildman–Crippen LogP) is 1.31. The largest absolute Gasteiger partial charge is 0.232 e. The summed E-state index contributed by atoms with van der Waals surface area (Å²) in [4.78, 5) is 10.00. The molecular formula is C7H9NO. The lowest BCUT2D eigenvalue weighted by molar-refractivity contribution is 0.511. The van der Waals surface area contributed by atoms with Crippen molar-refractivity contribution < 1.29 is 4.79 Å². The maximum atomic E-state index is 10.00. The zero-order valence-electron chi connectivity index (χ0n) is 5.86. The molecule has 0 bridgehead atoms. The van der Waals surface area contributed by atoms with Crippen molar-refractivity contribution in [2.24, 2.45) is 5.41 Å². The van der Waals surface area contributed by atoms with Crippen LogP contribution in [0.25, 0.3) is 0 Å². The van der Waals surface area contributed by atoms with Crippen LogP contribution in [0.3, 0.4) is 0 Å². The molecule has 0 rings (SSSR count). The quantitative estimate of drug-likeness (QED) is 0.360. The standard InChI is InChI=1S/C7H9NO/c1-7(2,3)6(4-8)5-9/h1-3H3. The fourth-order valence-electron chi connectivity index (χ4n) is 0.344. The van der Waals surface area contributed by atoms with Crippen LogP contribution in [0.1, 0.15) is 20.8 Å². The Balaban J connectivity index is 4.60. The van der Waals surface area contributed by atoms with E-state index in [1.165, 1.54) is 0 Å². The van der Waals surface area contributed by atoms with Crippen LogP contribution in [0.15, 0.2) is 5.57 Å². The summed E-state index contributed by atoms with van der Waals surface area (Å²) in [5, 5.41) is 8.31. The third-order valence-electron chi connectivity index (χ3n) is 0.964. The van der Waals surface area contributed by atoms with Crippen molar-refractivity contribution in [3.8, 4) is 6.07 Å². The second-order valence-electron chi connectivity index (χ2n) is 2.84. The molecule has 2 nitrogen and oxygen atoms in total. The average molecular weight is 123 g/mol. The molecule has 0 amide bonds. The van der Waals surface area contributed by atoms with E-state index in [2.05, 4.69) is 0 Å². The van der Waals surface area contributed by atoms with Crippen LogP contribution >= 0.6 is 0 Å². The number of nitriles is 1. The van der Waals surface area contributed by atoms with E-state index in [-0.39, 0.29) is 11.0 Å². The summed E-state index contributed by atoms with van der Waals surface area (Å²) < 4.78 is 0. The summed E-state index contributed by atoms with van der Waals surface area (Å²) >= 11 is 0. The maximum Gasteiger partial charge on any atom is 0.139 e. The van der Waals surface area contributed by atoms with Gasteiger partial charge in [0, 0.05) is 5.41 Å². The molecule has 0 saturated heterocycles. The van der Waals surface area contributed by atoms with Gasteiger partial charge < -0.3 is 0 Å². The third-order valence-corrected chi connectivity index (χ3v) is 0.964. The molecule has 0 fully saturated rings. The first-order chi connectivity index (χ1) is 4.02. The van der Waals surface area contributed by atoms with Gasteiger partial charge in [-0.15, -0.1) is 0 Å². The fourth-order valence-corrected chi connectivity index (χ4v) is 0.344. The lowest BCUT2D eigenvalue weighted by atomic mass is 9.88. The Bertz CT molecular complexity index is 186.